The quantitative estimate of drug-likeness (QED) is 0.661. The fourth-order valence-corrected chi connectivity index (χ4v) is 3.49. The van der Waals surface area contributed by atoms with Gasteiger partial charge in [0.2, 0.25) is 5.91 Å². The smallest absolute Gasteiger partial charge is 0.235 e. The van der Waals surface area contributed by atoms with Crippen LogP contribution < -0.4 is 10.1 Å². The molecule has 7 nitrogen and oxygen atoms in total. The third-order valence-electron chi connectivity index (χ3n) is 3.24. The van der Waals surface area contributed by atoms with E-state index in [0.29, 0.717) is 23.5 Å². The molecule has 8 heteroatoms. The molecule has 1 unspecified atom stereocenters. The van der Waals surface area contributed by atoms with Gasteiger partial charge in [0.1, 0.15) is 11.5 Å². The summed E-state index contributed by atoms with van der Waals surface area (Å²) >= 11 is 0. The molecule has 1 aromatic carbocycles. The van der Waals surface area contributed by atoms with E-state index < -0.39 is 21.5 Å². The third-order valence-corrected chi connectivity index (χ3v) is 4.69. The van der Waals surface area contributed by atoms with Crippen LogP contribution in [0.15, 0.2) is 18.2 Å². The Morgan fingerprint density at radius 1 is 1.25 bits per heavy atom. The average molecular weight is 357 g/mol. The summed E-state index contributed by atoms with van der Waals surface area (Å²) in [5.41, 5.74) is 0.738. The van der Waals surface area contributed by atoms with Gasteiger partial charge in [-0.25, -0.2) is 8.42 Å². The normalized spacial score (nSPS) is 12.5. The number of ketones is 1. The second kappa shape index (κ2) is 8.79. The van der Waals surface area contributed by atoms with Crippen molar-refractivity contribution in [2.75, 3.05) is 26.6 Å². The second-order valence-electron chi connectivity index (χ2n) is 5.54. The highest BCUT2D eigenvalue weighted by Crippen LogP contribution is 2.22. The number of amides is 1. The summed E-state index contributed by atoms with van der Waals surface area (Å²) in [6, 6.07) is 4.30. The first kappa shape index (κ1) is 20.1. The van der Waals surface area contributed by atoms with Crippen molar-refractivity contribution in [3.8, 4) is 5.75 Å². The van der Waals surface area contributed by atoms with Crippen LogP contribution in [0.3, 0.4) is 0 Å². The maximum absolute atomic E-state index is 12.3. The summed E-state index contributed by atoms with van der Waals surface area (Å²) in [5, 5.41) is 2.55. The van der Waals surface area contributed by atoms with Crippen LogP contribution in [-0.2, 0) is 25.1 Å². The van der Waals surface area contributed by atoms with E-state index in [4.69, 9.17) is 9.47 Å². The van der Waals surface area contributed by atoms with Crippen LogP contribution in [-0.4, -0.2) is 52.7 Å². The molecule has 0 saturated carbocycles. The molecule has 0 aliphatic heterocycles. The molecular formula is C16H23NO6S. The SMILES string of the molecule is COCC(C)NC(=O)CS(=O)(=O)Cc1cc(C(C)=O)ccc1OC. The van der Waals surface area contributed by atoms with Crippen molar-refractivity contribution in [2.24, 2.45) is 0 Å². The van der Waals surface area contributed by atoms with Crippen molar-refractivity contribution in [2.45, 2.75) is 25.6 Å². The lowest BCUT2D eigenvalue weighted by Crippen LogP contribution is -2.39. The highest BCUT2D eigenvalue weighted by Gasteiger charge is 2.21. The number of carbonyl (C=O) groups is 2. The van der Waals surface area contributed by atoms with E-state index in [-0.39, 0.29) is 17.6 Å². The Morgan fingerprint density at radius 3 is 2.46 bits per heavy atom. The fourth-order valence-electron chi connectivity index (χ4n) is 2.21. The Labute approximate surface area is 142 Å². The number of hydrogen-bond acceptors (Lipinski definition) is 6. The first-order valence-corrected chi connectivity index (χ1v) is 9.17. The van der Waals surface area contributed by atoms with Gasteiger partial charge < -0.3 is 14.8 Å². The van der Waals surface area contributed by atoms with Gasteiger partial charge >= 0.3 is 0 Å². The van der Waals surface area contributed by atoms with Crippen molar-refractivity contribution in [3.05, 3.63) is 29.3 Å². The van der Waals surface area contributed by atoms with Gasteiger partial charge in [0.25, 0.3) is 0 Å². The molecule has 1 rings (SSSR count). The van der Waals surface area contributed by atoms with E-state index in [1.807, 2.05) is 0 Å². The largest absolute Gasteiger partial charge is 0.496 e. The number of carbonyl (C=O) groups excluding carboxylic acids is 2. The lowest BCUT2D eigenvalue weighted by Gasteiger charge is -2.14. The zero-order chi connectivity index (χ0) is 18.3. The van der Waals surface area contributed by atoms with Crippen molar-refractivity contribution in [3.63, 3.8) is 0 Å². The summed E-state index contributed by atoms with van der Waals surface area (Å²) < 4.78 is 34.6. The second-order valence-corrected chi connectivity index (χ2v) is 7.60. The predicted molar refractivity (Wildman–Crippen MR) is 90.0 cm³/mol. The van der Waals surface area contributed by atoms with Gasteiger partial charge in [-0.3, -0.25) is 9.59 Å². The monoisotopic (exact) mass is 357 g/mol. The van der Waals surface area contributed by atoms with Crippen LogP contribution in [0, 0.1) is 0 Å². The zero-order valence-corrected chi connectivity index (χ0v) is 15.1. The zero-order valence-electron chi connectivity index (χ0n) is 14.3. The number of methoxy groups -OCH3 is 2. The topological polar surface area (TPSA) is 98.8 Å². The number of nitrogens with one attached hydrogen (secondary N) is 1. The van der Waals surface area contributed by atoms with Crippen molar-refractivity contribution in [1.82, 2.24) is 5.32 Å². The van der Waals surface area contributed by atoms with Crippen molar-refractivity contribution < 1.29 is 27.5 Å². The van der Waals surface area contributed by atoms with Gasteiger partial charge in [-0.1, -0.05) is 0 Å². The molecule has 0 aliphatic rings. The number of benzene rings is 1. The average Bonchev–Trinajstić information content (AvgIpc) is 2.45. The Kier molecular flexibility index (Phi) is 7.37. The summed E-state index contributed by atoms with van der Waals surface area (Å²) in [5.74, 6) is -1.45. The minimum absolute atomic E-state index is 0.178. The van der Waals surface area contributed by atoms with Crippen LogP contribution in [0.25, 0.3) is 0 Å². The van der Waals surface area contributed by atoms with Gasteiger partial charge in [0, 0.05) is 24.3 Å². The Hall–Kier alpha value is -1.93. The Balaban J connectivity index is 2.88. The molecule has 0 bridgehead atoms. The number of hydrogen-bond donors (Lipinski definition) is 1. The molecule has 24 heavy (non-hydrogen) atoms. The first-order chi connectivity index (χ1) is 11.2. The van der Waals surface area contributed by atoms with Gasteiger partial charge in [0.05, 0.1) is 19.5 Å². The van der Waals surface area contributed by atoms with Crippen LogP contribution in [0.2, 0.25) is 0 Å². The molecule has 0 heterocycles. The number of rotatable bonds is 9. The third kappa shape index (κ3) is 6.29. The van der Waals surface area contributed by atoms with Crippen molar-refractivity contribution in [1.29, 1.82) is 0 Å². The standard InChI is InChI=1S/C16H23NO6S/c1-11(8-22-3)17-16(19)10-24(20,21)9-14-7-13(12(2)18)5-6-15(14)23-4/h5-7,11H,8-10H2,1-4H3,(H,17,19). The molecule has 1 aromatic rings. The molecule has 0 fully saturated rings. The van der Waals surface area contributed by atoms with E-state index in [9.17, 15) is 18.0 Å². The molecule has 1 atom stereocenters. The van der Waals surface area contributed by atoms with E-state index in [1.54, 1.807) is 19.1 Å². The van der Waals surface area contributed by atoms with Gasteiger partial charge in [-0.15, -0.1) is 0 Å². The maximum Gasteiger partial charge on any atom is 0.235 e. The minimum Gasteiger partial charge on any atom is -0.496 e. The lowest BCUT2D eigenvalue weighted by atomic mass is 10.1. The lowest BCUT2D eigenvalue weighted by molar-refractivity contribution is -0.119. The van der Waals surface area contributed by atoms with Crippen LogP contribution in [0.5, 0.6) is 5.75 Å². The van der Waals surface area contributed by atoms with E-state index in [2.05, 4.69) is 5.32 Å². The molecular weight excluding hydrogens is 334 g/mol. The predicted octanol–water partition coefficient (Wildman–Crippen LogP) is 0.964. The molecule has 1 amide bonds. The summed E-state index contributed by atoms with van der Waals surface area (Å²) in [4.78, 5) is 23.3. The molecule has 134 valence electrons. The number of ether oxygens (including phenoxy) is 2. The van der Waals surface area contributed by atoms with Gasteiger partial charge in [-0.2, -0.15) is 0 Å². The van der Waals surface area contributed by atoms with E-state index in [0.717, 1.165) is 0 Å². The molecule has 0 radical (unpaired) electrons. The number of sulfone groups is 1. The first-order valence-electron chi connectivity index (χ1n) is 7.35. The molecule has 0 aliphatic carbocycles. The van der Waals surface area contributed by atoms with E-state index in [1.165, 1.54) is 27.2 Å². The van der Waals surface area contributed by atoms with E-state index >= 15 is 0 Å². The highest BCUT2D eigenvalue weighted by atomic mass is 32.2. The van der Waals surface area contributed by atoms with Crippen LogP contribution >= 0.6 is 0 Å². The Bertz CT molecular complexity index is 699. The Morgan fingerprint density at radius 2 is 1.92 bits per heavy atom. The molecule has 0 spiro atoms. The van der Waals surface area contributed by atoms with Crippen LogP contribution in [0.4, 0.5) is 0 Å². The summed E-state index contributed by atoms with van der Waals surface area (Å²) in [7, 11) is -0.805. The fraction of sp³-hybridized carbons (Fsp3) is 0.500. The van der Waals surface area contributed by atoms with Gasteiger partial charge in [-0.05, 0) is 32.0 Å². The number of Topliss-reactive ketones (excluding diaryl/α,β-unsaturated/α-hetero) is 1. The summed E-state index contributed by atoms with van der Waals surface area (Å²) in [6.07, 6.45) is 0. The summed E-state index contributed by atoms with van der Waals surface area (Å²) in [6.45, 7) is 3.40. The molecule has 1 N–H and O–H groups in total. The molecule has 0 saturated heterocycles. The minimum atomic E-state index is -3.71. The van der Waals surface area contributed by atoms with Gasteiger partial charge in [0.15, 0.2) is 15.6 Å². The van der Waals surface area contributed by atoms with Crippen molar-refractivity contribution >= 4 is 21.5 Å². The highest BCUT2D eigenvalue weighted by molar-refractivity contribution is 7.91. The van der Waals surface area contributed by atoms with Crippen LogP contribution in [0.1, 0.15) is 29.8 Å². The maximum atomic E-state index is 12.3. The molecule has 0 aromatic heterocycles.